The number of rotatable bonds is 4. The fourth-order valence-corrected chi connectivity index (χ4v) is 4.05. The number of hydrogen-bond acceptors (Lipinski definition) is 4. The molecule has 0 N–H and O–H groups in total. The molecule has 122 valence electrons. The molecule has 2 heterocycles. The van der Waals surface area contributed by atoms with Crippen molar-refractivity contribution in [2.24, 2.45) is 0 Å². The van der Waals surface area contributed by atoms with Crippen molar-refractivity contribution in [2.75, 3.05) is 13.1 Å². The van der Waals surface area contributed by atoms with Crippen LogP contribution in [0.3, 0.4) is 0 Å². The molecule has 0 aliphatic carbocycles. The lowest BCUT2D eigenvalue weighted by atomic mass is 10.3. The summed E-state index contributed by atoms with van der Waals surface area (Å²) in [6.07, 6.45) is 1.95. The molecule has 23 heavy (non-hydrogen) atoms. The number of ether oxygens (including phenoxy) is 1. The molecule has 1 aliphatic rings. The van der Waals surface area contributed by atoms with Crippen LogP contribution in [0, 0.1) is 12.7 Å². The summed E-state index contributed by atoms with van der Waals surface area (Å²) in [7, 11) is -3.84. The molecular formula is C16H17FN2O3S. The van der Waals surface area contributed by atoms with Gasteiger partial charge in [-0.3, -0.25) is 0 Å². The van der Waals surface area contributed by atoms with Gasteiger partial charge in [-0.15, -0.1) is 0 Å². The zero-order valence-electron chi connectivity index (χ0n) is 12.6. The first-order valence-corrected chi connectivity index (χ1v) is 8.75. The first-order valence-electron chi connectivity index (χ1n) is 7.31. The van der Waals surface area contributed by atoms with E-state index in [-0.39, 0.29) is 17.5 Å². The maximum absolute atomic E-state index is 13.8. The Hall–Kier alpha value is -1.99. The van der Waals surface area contributed by atoms with Gasteiger partial charge in [-0.2, -0.15) is 4.31 Å². The minimum absolute atomic E-state index is 0.187. The largest absolute Gasteiger partial charge is 0.473 e. The van der Waals surface area contributed by atoms with Crippen molar-refractivity contribution >= 4 is 10.0 Å². The summed E-state index contributed by atoms with van der Waals surface area (Å²) < 4.78 is 45.8. The molecule has 1 aromatic heterocycles. The Labute approximate surface area is 134 Å². The first kappa shape index (κ1) is 15.9. The molecule has 0 unspecified atom stereocenters. The van der Waals surface area contributed by atoms with Crippen molar-refractivity contribution in [1.82, 2.24) is 9.29 Å². The summed E-state index contributed by atoms with van der Waals surface area (Å²) in [6, 6.07) is 9.03. The van der Waals surface area contributed by atoms with E-state index in [4.69, 9.17) is 4.74 Å². The Morgan fingerprint density at radius 3 is 2.74 bits per heavy atom. The number of sulfonamides is 1. The highest BCUT2D eigenvalue weighted by Crippen LogP contribution is 2.25. The van der Waals surface area contributed by atoms with Gasteiger partial charge < -0.3 is 4.74 Å². The third kappa shape index (κ3) is 3.35. The predicted molar refractivity (Wildman–Crippen MR) is 83.2 cm³/mol. The second-order valence-electron chi connectivity index (χ2n) is 5.50. The van der Waals surface area contributed by atoms with Gasteiger partial charge in [-0.05, 0) is 31.0 Å². The van der Waals surface area contributed by atoms with E-state index in [2.05, 4.69) is 4.98 Å². The van der Waals surface area contributed by atoms with Gasteiger partial charge in [0.1, 0.15) is 16.8 Å². The lowest BCUT2D eigenvalue weighted by molar-refractivity contribution is 0.207. The topological polar surface area (TPSA) is 59.5 Å². The van der Waals surface area contributed by atoms with E-state index < -0.39 is 15.8 Å². The maximum atomic E-state index is 13.8. The van der Waals surface area contributed by atoms with Crippen molar-refractivity contribution in [3.63, 3.8) is 0 Å². The third-order valence-electron chi connectivity index (χ3n) is 3.73. The molecule has 0 spiro atoms. The quantitative estimate of drug-likeness (QED) is 0.860. The standard InChI is InChI=1S/C16H17FN2O3S/c1-12-6-7-16(18-10-12)22-13-8-9-19(11-13)23(20,21)15-5-3-2-4-14(15)17/h2-7,10,13H,8-9,11H2,1H3/t13-/m1/s1. The van der Waals surface area contributed by atoms with Crippen molar-refractivity contribution in [3.8, 4) is 5.88 Å². The number of aromatic nitrogens is 1. The number of hydrogen-bond donors (Lipinski definition) is 0. The van der Waals surface area contributed by atoms with E-state index in [1.165, 1.54) is 22.5 Å². The molecule has 2 aromatic rings. The Balaban J connectivity index is 1.72. The number of benzene rings is 1. The van der Waals surface area contributed by atoms with E-state index in [0.717, 1.165) is 11.6 Å². The summed E-state index contributed by atoms with van der Waals surface area (Å²) in [4.78, 5) is 3.85. The van der Waals surface area contributed by atoms with Crippen LogP contribution < -0.4 is 4.74 Å². The van der Waals surface area contributed by atoms with Crippen LogP contribution in [0.25, 0.3) is 0 Å². The molecule has 0 amide bonds. The Bertz CT molecular complexity index is 793. The molecule has 0 radical (unpaired) electrons. The maximum Gasteiger partial charge on any atom is 0.246 e. The summed E-state index contributed by atoms with van der Waals surface area (Å²) in [5, 5.41) is 0. The number of aryl methyl sites for hydroxylation is 1. The minimum atomic E-state index is -3.84. The molecule has 1 atom stereocenters. The molecule has 1 aromatic carbocycles. The summed E-state index contributed by atoms with van der Waals surface area (Å²) in [6.45, 7) is 2.41. The fraction of sp³-hybridized carbons (Fsp3) is 0.312. The van der Waals surface area contributed by atoms with Gasteiger partial charge in [-0.25, -0.2) is 17.8 Å². The molecule has 1 fully saturated rings. The van der Waals surface area contributed by atoms with Crippen LogP contribution in [0.1, 0.15) is 12.0 Å². The van der Waals surface area contributed by atoms with E-state index in [0.29, 0.717) is 18.8 Å². The SMILES string of the molecule is Cc1ccc(O[C@@H]2CCN(S(=O)(=O)c3ccccc3F)C2)nc1. The van der Waals surface area contributed by atoms with Crippen molar-refractivity contribution in [3.05, 3.63) is 54.0 Å². The smallest absolute Gasteiger partial charge is 0.246 e. The zero-order valence-corrected chi connectivity index (χ0v) is 13.5. The van der Waals surface area contributed by atoms with Crippen molar-refractivity contribution < 1.29 is 17.5 Å². The van der Waals surface area contributed by atoms with Gasteiger partial charge in [0.25, 0.3) is 0 Å². The van der Waals surface area contributed by atoms with Crippen LogP contribution in [0.4, 0.5) is 4.39 Å². The van der Waals surface area contributed by atoms with Crippen LogP contribution in [0.2, 0.25) is 0 Å². The molecule has 7 heteroatoms. The van der Waals surface area contributed by atoms with Gasteiger partial charge >= 0.3 is 0 Å². The first-order chi connectivity index (χ1) is 11.0. The van der Waals surface area contributed by atoms with Crippen LogP contribution in [-0.4, -0.2) is 36.9 Å². The number of pyridine rings is 1. The van der Waals surface area contributed by atoms with E-state index in [9.17, 15) is 12.8 Å². The Morgan fingerprint density at radius 1 is 1.26 bits per heavy atom. The second-order valence-corrected chi connectivity index (χ2v) is 7.40. The number of nitrogens with zero attached hydrogens (tertiary/aromatic N) is 2. The minimum Gasteiger partial charge on any atom is -0.473 e. The van der Waals surface area contributed by atoms with E-state index in [1.54, 1.807) is 12.3 Å². The molecule has 0 saturated carbocycles. The van der Waals surface area contributed by atoms with Gasteiger partial charge in [0.15, 0.2) is 0 Å². The molecular weight excluding hydrogens is 319 g/mol. The average Bonchev–Trinajstić information content (AvgIpc) is 2.99. The highest BCUT2D eigenvalue weighted by atomic mass is 32.2. The highest BCUT2D eigenvalue weighted by Gasteiger charge is 2.35. The normalized spacial score (nSPS) is 19.0. The van der Waals surface area contributed by atoms with Crippen molar-refractivity contribution in [1.29, 1.82) is 0 Å². The van der Waals surface area contributed by atoms with Crippen molar-refractivity contribution in [2.45, 2.75) is 24.3 Å². The Morgan fingerprint density at radius 2 is 2.04 bits per heavy atom. The highest BCUT2D eigenvalue weighted by molar-refractivity contribution is 7.89. The zero-order chi connectivity index (χ0) is 16.4. The predicted octanol–water partition coefficient (Wildman–Crippen LogP) is 2.37. The fourth-order valence-electron chi connectivity index (χ4n) is 2.50. The van der Waals surface area contributed by atoms with Crippen LogP contribution >= 0.6 is 0 Å². The lowest BCUT2D eigenvalue weighted by Gasteiger charge is -2.17. The van der Waals surface area contributed by atoms with Gasteiger partial charge in [0.2, 0.25) is 15.9 Å². The van der Waals surface area contributed by atoms with Crippen LogP contribution in [0.15, 0.2) is 47.5 Å². The Kier molecular flexibility index (Phi) is 4.32. The van der Waals surface area contributed by atoms with E-state index >= 15 is 0 Å². The summed E-state index contributed by atoms with van der Waals surface area (Å²) in [5.41, 5.74) is 1.02. The molecule has 3 rings (SSSR count). The van der Waals surface area contributed by atoms with E-state index in [1.807, 2.05) is 13.0 Å². The average molecular weight is 336 g/mol. The third-order valence-corrected chi connectivity index (χ3v) is 5.63. The molecule has 5 nitrogen and oxygen atoms in total. The molecule has 1 aliphatic heterocycles. The van der Waals surface area contributed by atoms with Gasteiger partial charge in [-0.1, -0.05) is 18.2 Å². The van der Waals surface area contributed by atoms with Gasteiger partial charge in [0, 0.05) is 18.8 Å². The van der Waals surface area contributed by atoms with Crippen LogP contribution in [0.5, 0.6) is 5.88 Å². The van der Waals surface area contributed by atoms with Gasteiger partial charge in [0.05, 0.1) is 6.54 Å². The summed E-state index contributed by atoms with van der Waals surface area (Å²) >= 11 is 0. The van der Waals surface area contributed by atoms with Crippen LogP contribution in [-0.2, 0) is 10.0 Å². The molecule has 0 bridgehead atoms. The monoisotopic (exact) mass is 336 g/mol. The lowest BCUT2D eigenvalue weighted by Crippen LogP contribution is -2.31. The second kappa shape index (κ2) is 6.25. The summed E-state index contributed by atoms with van der Waals surface area (Å²) in [5.74, 6) is -0.275. The molecule has 1 saturated heterocycles. The number of halogens is 1.